The molecule has 5 rings (SSSR count). The molecule has 1 aliphatic carbocycles. The number of ether oxygens (including phenoxy) is 8. The summed E-state index contributed by atoms with van der Waals surface area (Å²) >= 11 is 0. The SMILES string of the molecule is CCOC(=O)COc1c2cccc1Cc1cc(C(C)(C)C)cc(c1OCC(=O)OCC)Cc1cccc(c1OCC(=O)OCC)Cc1cc(C(C)(C)C)cc(c1OCC(=O)OCC)C2. The first-order chi connectivity index (χ1) is 30.4. The maximum atomic E-state index is 12.9. The zero-order chi connectivity index (χ0) is 46.6. The predicted molar refractivity (Wildman–Crippen MR) is 243 cm³/mol. The van der Waals surface area contributed by atoms with Gasteiger partial charge in [-0.1, -0.05) is 102 Å². The van der Waals surface area contributed by atoms with Crippen molar-refractivity contribution in [2.24, 2.45) is 0 Å². The summed E-state index contributed by atoms with van der Waals surface area (Å²) in [4.78, 5) is 51.6. The number of hydrogen-bond acceptors (Lipinski definition) is 12. The summed E-state index contributed by atoms with van der Waals surface area (Å²) in [6, 6.07) is 20.0. The maximum Gasteiger partial charge on any atom is 0.344 e. The van der Waals surface area contributed by atoms with E-state index in [-0.39, 0.29) is 89.4 Å². The lowest BCUT2D eigenvalue weighted by Crippen LogP contribution is -2.20. The first-order valence-corrected chi connectivity index (χ1v) is 22.1. The highest BCUT2D eigenvalue weighted by Crippen LogP contribution is 2.42. The molecule has 4 aromatic carbocycles. The van der Waals surface area contributed by atoms with Crippen molar-refractivity contribution in [1.29, 1.82) is 0 Å². The summed E-state index contributed by atoms with van der Waals surface area (Å²) in [5.41, 5.74) is 7.55. The summed E-state index contributed by atoms with van der Waals surface area (Å²) in [6.07, 6.45) is 1.14. The van der Waals surface area contributed by atoms with Gasteiger partial charge < -0.3 is 37.9 Å². The van der Waals surface area contributed by atoms with E-state index < -0.39 is 23.9 Å². The Morgan fingerprint density at radius 3 is 0.812 bits per heavy atom. The number of fused-ring (bicyclic) bond motifs is 8. The number of benzene rings is 4. The maximum absolute atomic E-state index is 12.9. The van der Waals surface area contributed by atoms with Crippen molar-refractivity contribution >= 4 is 23.9 Å². The molecule has 0 saturated heterocycles. The van der Waals surface area contributed by atoms with Crippen LogP contribution in [0.15, 0.2) is 60.7 Å². The third kappa shape index (κ3) is 13.0. The number of carbonyl (C=O) groups is 4. The summed E-state index contributed by atoms with van der Waals surface area (Å²) in [5, 5.41) is 0. The van der Waals surface area contributed by atoms with Crippen LogP contribution in [0.25, 0.3) is 0 Å². The largest absolute Gasteiger partial charge is 0.481 e. The number of carbonyl (C=O) groups excluding carboxylic acids is 4. The lowest BCUT2D eigenvalue weighted by Gasteiger charge is -2.27. The molecule has 0 aromatic heterocycles. The fraction of sp³-hybridized carbons (Fsp3) is 0.462. The highest BCUT2D eigenvalue weighted by Gasteiger charge is 2.28. The van der Waals surface area contributed by atoms with Crippen molar-refractivity contribution in [3.05, 3.63) is 116 Å². The first kappa shape index (κ1) is 49.0. The van der Waals surface area contributed by atoms with Crippen LogP contribution in [-0.4, -0.2) is 76.7 Å². The minimum absolute atomic E-state index is 0.196. The van der Waals surface area contributed by atoms with Gasteiger partial charge in [-0.2, -0.15) is 0 Å². The molecule has 0 unspecified atom stereocenters. The standard InChI is InChI=1S/C52H64O12/c1-11-57-43(53)29-61-47-33-17-15-18-34(47)22-38-26-42(52(8,9)10)28-40(50(38)64-32-46(56)60-14-4)24-36-20-16-19-35(48(36)62-30-44(54)58-12-2)23-39-27-41(51(5,6)7)25-37(21-33)49(39)63-31-45(55)59-13-3/h15-20,25-28H,11-14,21-24,29-32H2,1-10H3. The third-order valence-electron chi connectivity index (χ3n) is 10.7. The average molecular weight is 881 g/mol. The van der Waals surface area contributed by atoms with Crippen molar-refractivity contribution in [2.45, 2.75) is 106 Å². The van der Waals surface area contributed by atoms with E-state index in [0.717, 1.165) is 55.6 Å². The molecule has 0 radical (unpaired) electrons. The molecule has 344 valence electrons. The highest BCUT2D eigenvalue weighted by molar-refractivity contribution is 5.73. The van der Waals surface area contributed by atoms with Gasteiger partial charge in [0.2, 0.25) is 0 Å². The van der Waals surface area contributed by atoms with Crippen LogP contribution >= 0.6 is 0 Å². The Kier molecular flexibility index (Phi) is 16.9. The number of hydrogen-bond donors (Lipinski definition) is 0. The first-order valence-electron chi connectivity index (χ1n) is 22.1. The van der Waals surface area contributed by atoms with Crippen LogP contribution in [0.3, 0.4) is 0 Å². The molecule has 0 aliphatic heterocycles. The molecule has 4 aromatic rings. The van der Waals surface area contributed by atoms with Crippen molar-refractivity contribution in [3.63, 3.8) is 0 Å². The van der Waals surface area contributed by atoms with E-state index in [1.807, 2.05) is 36.4 Å². The van der Waals surface area contributed by atoms with Gasteiger partial charge in [0.05, 0.1) is 26.4 Å². The fourth-order valence-corrected chi connectivity index (χ4v) is 7.63. The van der Waals surface area contributed by atoms with Crippen LogP contribution in [0.1, 0.15) is 125 Å². The molecular weight excluding hydrogens is 817 g/mol. The number of esters is 4. The molecule has 8 bridgehead atoms. The Balaban J connectivity index is 1.88. The Hall–Kier alpha value is -6.04. The van der Waals surface area contributed by atoms with Crippen molar-refractivity contribution in [3.8, 4) is 23.0 Å². The Morgan fingerprint density at radius 1 is 0.391 bits per heavy atom. The van der Waals surface area contributed by atoms with Crippen molar-refractivity contribution < 1.29 is 57.1 Å². The lowest BCUT2D eigenvalue weighted by atomic mass is 9.81. The van der Waals surface area contributed by atoms with Crippen LogP contribution in [-0.2, 0) is 74.6 Å². The second-order valence-electron chi connectivity index (χ2n) is 17.6. The van der Waals surface area contributed by atoms with E-state index in [2.05, 4.69) is 65.8 Å². The molecule has 12 heteroatoms. The summed E-state index contributed by atoms with van der Waals surface area (Å²) < 4.78 is 47.1. The highest BCUT2D eigenvalue weighted by atomic mass is 16.6. The molecule has 0 spiro atoms. The van der Waals surface area contributed by atoms with Gasteiger partial charge in [0.1, 0.15) is 23.0 Å². The topological polar surface area (TPSA) is 142 Å². The van der Waals surface area contributed by atoms with E-state index >= 15 is 0 Å². The van der Waals surface area contributed by atoms with E-state index in [4.69, 9.17) is 37.9 Å². The molecular formula is C52H64O12. The van der Waals surface area contributed by atoms with Gasteiger partial charge in [0, 0.05) is 25.7 Å². The Bertz CT molecular complexity index is 2040. The monoisotopic (exact) mass is 880 g/mol. The molecule has 0 saturated carbocycles. The zero-order valence-corrected chi connectivity index (χ0v) is 39.2. The van der Waals surface area contributed by atoms with Gasteiger partial charge >= 0.3 is 23.9 Å². The molecule has 64 heavy (non-hydrogen) atoms. The van der Waals surface area contributed by atoms with Crippen molar-refractivity contribution in [1.82, 2.24) is 0 Å². The quantitative estimate of drug-likeness (QED) is 0.0691. The van der Waals surface area contributed by atoms with Crippen LogP contribution in [0.4, 0.5) is 0 Å². The molecule has 0 amide bonds. The van der Waals surface area contributed by atoms with Gasteiger partial charge in [0.25, 0.3) is 0 Å². The zero-order valence-electron chi connectivity index (χ0n) is 39.2. The minimum atomic E-state index is -0.515. The van der Waals surface area contributed by atoms with E-state index in [1.54, 1.807) is 27.7 Å². The average Bonchev–Trinajstić information content (AvgIpc) is 3.22. The molecule has 1 aliphatic rings. The molecule has 0 heterocycles. The van der Waals surface area contributed by atoms with E-state index in [1.165, 1.54) is 0 Å². The van der Waals surface area contributed by atoms with Gasteiger partial charge in [-0.25, -0.2) is 19.2 Å². The molecule has 0 fully saturated rings. The Morgan fingerprint density at radius 2 is 0.609 bits per heavy atom. The van der Waals surface area contributed by atoms with Gasteiger partial charge in [-0.15, -0.1) is 0 Å². The van der Waals surface area contributed by atoms with E-state index in [0.29, 0.717) is 23.0 Å². The normalized spacial score (nSPS) is 12.4. The Labute approximate surface area is 377 Å². The van der Waals surface area contributed by atoms with Crippen LogP contribution in [0, 0.1) is 0 Å². The van der Waals surface area contributed by atoms with Gasteiger partial charge in [0.15, 0.2) is 26.4 Å². The van der Waals surface area contributed by atoms with Crippen LogP contribution in [0.2, 0.25) is 0 Å². The predicted octanol–water partition coefficient (Wildman–Crippen LogP) is 8.73. The molecule has 12 nitrogen and oxygen atoms in total. The molecule has 0 atom stereocenters. The number of rotatable bonds is 16. The summed E-state index contributed by atoms with van der Waals surface area (Å²) in [6.45, 7) is 19.2. The van der Waals surface area contributed by atoms with Crippen molar-refractivity contribution in [2.75, 3.05) is 52.9 Å². The van der Waals surface area contributed by atoms with Crippen LogP contribution in [0.5, 0.6) is 23.0 Å². The second-order valence-corrected chi connectivity index (χ2v) is 17.6. The smallest absolute Gasteiger partial charge is 0.344 e. The lowest BCUT2D eigenvalue weighted by molar-refractivity contribution is -0.146. The van der Waals surface area contributed by atoms with Gasteiger partial charge in [-0.05, 0) is 94.2 Å². The minimum Gasteiger partial charge on any atom is -0.481 e. The summed E-state index contributed by atoms with van der Waals surface area (Å²) in [7, 11) is 0. The third-order valence-corrected chi connectivity index (χ3v) is 10.7. The van der Waals surface area contributed by atoms with Crippen LogP contribution < -0.4 is 18.9 Å². The van der Waals surface area contributed by atoms with Gasteiger partial charge in [-0.3, -0.25) is 0 Å². The summed E-state index contributed by atoms with van der Waals surface area (Å²) in [5.74, 6) is -0.103. The second kappa shape index (κ2) is 22.0. The fourth-order valence-electron chi connectivity index (χ4n) is 7.63. The van der Waals surface area contributed by atoms with E-state index in [9.17, 15) is 19.2 Å². The number of para-hydroxylation sites is 2. The molecule has 0 N–H and O–H groups in total.